The molecule has 0 bridgehead atoms. The van der Waals surface area contributed by atoms with Crippen LogP contribution in [0.3, 0.4) is 0 Å². The lowest BCUT2D eigenvalue weighted by molar-refractivity contribution is 0.103. The maximum Gasteiger partial charge on any atom is 0.298 e. The molecule has 6 rings (SSSR count). The number of carbonyl (C=O) groups is 2. The molecule has 0 aliphatic carbocycles. The van der Waals surface area contributed by atoms with Crippen LogP contribution in [-0.4, -0.2) is 31.6 Å². The highest BCUT2D eigenvalue weighted by molar-refractivity contribution is 7.86. The highest BCUT2D eigenvalue weighted by Gasteiger charge is 2.19. The molecule has 0 aliphatic rings. The summed E-state index contributed by atoms with van der Waals surface area (Å²) in [6.45, 7) is 1.98. The van der Waals surface area contributed by atoms with Gasteiger partial charge in [-0.2, -0.15) is 8.42 Å². The molecule has 6 aromatic carbocycles. The van der Waals surface area contributed by atoms with Crippen molar-refractivity contribution in [2.45, 2.75) is 11.8 Å². The van der Waals surface area contributed by atoms with Crippen molar-refractivity contribution in [3.05, 3.63) is 167 Å². The van der Waals surface area contributed by atoms with Gasteiger partial charge in [0.25, 0.3) is 10.1 Å². The van der Waals surface area contributed by atoms with Gasteiger partial charge in [-0.3, -0.25) is 14.1 Å². The second-order valence-corrected chi connectivity index (χ2v) is 12.6. The summed E-state index contributed by atoms with van der Waals surface area (Å²) in [6, 6.07) is 38.4. The van der Waals surface area contributed by atoms with E-state index in [1.165, 1.54) is 31.4 Å². The average molecular weight is 687 g/mol. The van der Waals surface area contributed by atoms with E-state index in [1.807, 2.05) is 31.2 Å². The van der Waals surface area contributed by atoms with Gasteiger partial charge in [0.05, 0.1) is 7.11 Å². The van der Waals surface area contributed by atoms with Crippen molar-refractivity contribution in [1.82, 2.24) is 0 Å². The summed E-state index contributed by atoms with van der Waals surface area (Å²) in [5.41, 5.74) is 3.12. The molecule has 0 atom stereocenters. The smallest absolute Gasteiger partial charge is 0.298 e. The first-order chi connectivity index (χ1) is 24.1. The summed E-state index contributed by atoms with van der Waals surface area (Å²) in [4.78, 5) is 25.4. The first-order valence-electron chi connectivity index (χ1n) is 15.3. The standard InChI is InChI=1S/C40H30O9S/c1-26-3-5-27(6-4-26)39(41)28-7-13-31(14-8-28)47-33-19-21-34(22-20-33)48-32-15-9-29(10-16-32)40(42)30-11-17-35(18-12-30)49-37-24-23-36(46-2)25-38(37)50(43,44)45/h3-25H,1-2H3,(H,43,44,45). The Hall–Kier alpha value is -6.23. The average Bonchev–Trinajstić information content (AvgIpc) is 3.13. The molecule has 0 heterocycles. The normalized spacial score (nSPS) is 11.0. The molecule has 0 aliphatic heterocycles. The fraction of sp³-hybridized carbons (Fsp3) is 0.0500. The molecule has 10 heteroatoms. The molecule has 0 radical (unpaired) electrons. The van der Waals surface area contributed by atoms with Crippen LogP contribution in [0, 0.1) is 6.92 Å². The topological polar surface area (TPSA) is 125 Å². The van der Waals surface area contributed by atoms with Gasteiger partial charge in [0.2, 0.25) is 0 Å². The number of hydrogen-bond donors (Lipinski definition) is 1. The van der Waals surface area contributed by atoms with Crippen LogP contribution >= 0.6 is 0 Å². The van der Waals surface area contributed by atoms with E-state index >= 15 is 0 Å². The SMILES string of the molecule is COc1ccc(Oc2ccc(C(=O)c3ccc(Oc4ccc(Oc5ccc(C(=O)c6ccc(C)cc6)cc5)cc4)cc3)cc2)c(S(=O)(=O)O)c1. The summed E-state index contributed by atoms with van der Waals surface area (Å²) >= 11 is 0. The minimum atomic E-state index is -4.58. The molecule has 0 spiro atoms. The van der Waals surface area contributed by atoms with Gasteiger partial charge >= 0.3 is 0 Å². The lowest BCUT2D eigenvalue weighted by Crippen LogP contribution is -2.03. The highest BCUT2D eigenvalue weighted by atomic mass is 32.2. The highest BCUT2D eigenvalue weighted by Crippen LogP contribution is 2.33. The zero-order chi connectivity index (χ0) is 35.3. The van der Waals surface area contributed by atoms with Crippen molar-refractivity contribution in [3.8, 4) is 40.2 Å². The first kappa shape index (κ1) is 33.7. The van der Waals surface area contributed by atoms with Crippen LogP contribution in [0.25, 0.3) is 0 Å². The van der Waals surface area contributed by atoms with E-state index < -0.39 is 15.0 Å². The molecule has 0 saturated carbocycles. The Balaban J connectivity index is 1.04. The maximum atomic E-state index is 13.1. The fourth-order valence-electron chi connectivity index (χ4n) is 4.94. The van der Waals surface area contributed by atoms with Crippen LogP contribution in [0.4, 0.5) is 0 Å². The van der Waals surface area contributed by atoms with Crippen molar-refractivity contribution in [1.29, 1.82) is 0 Å². The monoisotopic (exact) mass is 686 g/mol. The van der Waals surface area contributed by atoms with E-state index in [9.17, 15) is 22.6 Å². The third-order valence-corrected chi connectivity index (χ3v) is 8.49. The van der Waals surface area contributed by atoms with Gasteiger partial charge in [0, 0.05) is 28.3 Å². The Bertz CT molecular complexity index is 2240. The van der Waals surface area contributed by atoms with E-state index in [4.69, 9.17) is 18.9 Å². The van der Waals surface area contributed by atoms with E-state index in [1.54, 1.807) is 84.9 Å². The van der Waals surface area contributed by atoms with Gasteiger partial charge in [-0.25, -0.2) is 0 Å². The predicted molar refractivity (Wildman–Crippen MR) is 187 cm³/mol. The molecule has 50 heavy (non-hydrogen) atoms. The molecule has 0 amide bonds. The van der Waals surface area contributed by atoms with Gasteiger partial charge < -0.3 is 18.9 Å². The lowest BCUT2D eigenvalue weighted by atomic mass is 10.0. The van der Waals surface area contributed by atoms with Gasteiger partial charge in [-0.05, 0) is 116 Å². The Morgan fingerprint density at radius 1 is 0.480 bits per heavy atom. The van der Waals surface area contributed by atoms with E-state index in [0.717, 1.165) is 11.6 Å². The van der Waals surface area contributed by atoms with Crippen LogP contribution in [0.2, 0.25) is 0 Å². The van der Waals surface area contributed by atoms with E-state index in [-0.39, 0.29) is 28.8 Å². The molecule has 0 fully saturated rings. The number of carbonyl (C=O) groups excluding carboxylic acids is 2. The summed E-state index contributed by atoms with van der Waals surface area (Å²) < 4.78 is 55.8. The van der Waals surface area contributed by atoms with Crippen molar-refractivity contribution in [2.24, 2.45) is 0 Å². The second kappa shape index (κ2) is 14.5. The molecule has 0 saturated heterocycles. The number of ether oxygens (including phenoxy) is 4. The molecule has 6 aromatic rings. The van der Waals surface area contributed by atoms with E-state index in [2.05, 4.69) is 0 Å². The number of methoxy groups -OCH3 is 1. The van der Waals surface area contributed by atoms with Crippen LogP contribution < -0.4 is 18.9 Å². The Labute approximate surface area is 289 Å². The minimum Gasteiger partial charge on any atom is -0.497 e. The Kier molecular flexibility index (Phi) is 9.75. The molecule has 9 nitrogen and oxygen atoms in total. The Morgan fingerprint density at radius 3 is 1.16 bits per heavy atom. The lowest BCUT2D eigenvalue weighted by Gasteiger charge is -2.11. The zero-order valence-electron chi connectivity index (χ0n) is 26.9. The van der Waals surface area contributed by atoms with Crippen LogP contribution in [0.1, 0.15) is 37.4 Å². The fourth-order valence-corrected chi connectivity index (χ4v) is 5.57. The number of rotatable bonds is 12. The molecule has 0 unspecified atom stereocenters. The summed E-state index contributed by atoms with van der Waals surface area (Å²) in [5.74, 6) is 2.39. The maximum absolute atomic E-state index is 13.1. The minimum absolute atomic E-state index is 0.0536. The number of benzene rings is 6. The van der Waals surface area contributed by atoms with Gasteiger partial charge in [0.1, 0.15) is 45.1 Å². The molecular formula is C40H30O9S. The van der Waals surface area contributed by atoms with Crippen LogP contribution in [-0.2, 0) is 10.1 Å². The van der Waals surface area contributed by atoms with Crippen molar-refractivity contribution in [2.75, 3.05) is 7.11 Å². The van der Waals surface area contributed by atoms with Crippen LogP contribution in [0.15, 0.2) is 144 Å². The third kappa shape index (κ3) is 8.07. The van der Waals surface area contributed by atoms with Gasteiger partial charge in [-0.15, -0.1) is 0 Å². The van der Waals surface area contributed by atoms with E-state index in [0.29, 0.717) is 45.3 Å². The van der Waals surface area contributed by atoms with Crippen molar-refractivity contribution >= 4 is 21.7 Å². The Morgan fingerprint density at radius 2 is 0.800 bits per heavy atom. The summed E-state index contributed by atoms with van der Waals surface area (Å²) in [7, 11) is -3.20. The van der Waals surface area contributed by atoms with Crippen molar-refractivity contribution < 1.29 is 41.5 Å². The second-order valence-electron chi connectivity index (χ2n) is 11.2. The summed E-state index contributed by atoms with van der Waals surface area (Å²) in [6.07, 6.45) is 0. The number of hydrogen-bond acceptors (Lipinski definition) is 8. The first-order valence-corrected chi connectivity index (χ1v) is 16.8. The molecule has 0 aromatic heterocycles. The molecular weight excluding hydrogens is 656 g/mol. The largest absolute Gasteiger partial charge is 0.497 e. The predicted octanol–water partition coefficient (Wildman–Crippen LogP) is 9.09. The number of aryl methyl sites for hydroxylation is 1. The van der Waals surface area contributed by atoms with Gasteiger partial charge in [0.15, 0.2) is 11.6 Å². The van der Waals surface area contributed by atoms with Crippen LogP contribution in [0.5, 0.6) is 40.2 Å². The third-order valence-electron chi connectivity index (χ3n) is 7.62. The zero-order valence-corrected chi connectivity index (χ0v) is 27.7. The van der Waals surface area contributed by atoms with Gasteiger partial charge in [-0.1, -0.05) is 29.8 Å². The molecule has 1 N–H and O–H groups in total. The number of ketones is 2. The van der Waals surface area contributed by atoms with Crippen molar-refractivity contribution in [3.63, 3.8) is 0 Å². The summed E-state index contributed by atoms with van der Waals surface area (Å²) in [5, 5.41) is 0. The quantitative estimate of drug-likeness (QED) is 0.0991. The molecule has 250 valence electrons.